The van der Waals surface area contributed by atoms with Gasteiger partial charge in [0.15, 0.2) is 0 Å². The first-order chi connectivity index (χ1) is 20.2. The number of nitro groups is 2. The molecule has 10 nitrogen and oxygen atoms in total. The minimum Gasteiger partial charge on any atom is -0.423 e. The summed E-state index contributed by atoms with van der Waals surface area (Å²) in [5.74, 6) is -0.490. The molecule has 1 fully saturated rings. The largest absolute Gasteiger partial charge is 0.423 e. The minimum atomic E-state index is -0.608. The number of carbonyl (C=O) groups excluding carboxylic acids is 2. The molecule has 1 aliphatic carbocycles. The van der Waals surface area contributed by atoms with Gasteiger partial charge in [0.25, 0.3) is 11.4 Å². The minimum absolute atomic E-state index is 0.107. The van der Waals surface area contributed by atoms with Crippen molar-refractivity contribution in [2.45, 2.75) is 37.5 Å². The van der Waals surface area contributed by atoms with Gasteiger partial charge >= 0.3 is 11.9 Å². The zero-order chi connectivity index (χ0) is 29.7. The summed E-state index contributed by atoms with van der Waals surface area (Å²) in [4.78, 5) is 45.8. The number of rotatable bonds is 8. The summed E-state index contributed by atoms with van der Waals surface area (Å²) in [6.45, 7) is 0. The van der Waals surface area contributed by atoms with Crippen LogP contribution in [0.15, 0.2) is 97.1 Å². The van der Waals surface area contributed by atoms with E-state index in [0.717, 1.165) is 43.2 Å². The van der Waals surface area contributed by atoms with E-state index >= 15 is 0 Å². The number of esters is 2. The molecular weight excluding hydrogens is 540 g/mol. The van der Waals surface area contributed by atoms with Crippen LogP contribution in [0.5, 0.6) is 11.5 Å². The van der Waals surface area contributed by atoms with Gasteiger partial charge in [0, 0.05) is 29.7 Å². The highest BCUT2D eigenvalue weighted by molar-refractivity contribution is 5.91. The monoisotopic (exact) mass is 566 g/mol. The Morgan fingerprint density at radius 3 is 1.24 bits per heavy atom. The Bertz CT molecular complexity index is 1490. The summed E-state index contributed by atoms with van der Waals surface area (Å²) in [5, 5.41) is 21.7. The maximum atomic E-state index is 12.6. The van der Waals surface area contributed by atoms with Crippen LogP contribution < -0.4 is 9.47 Å². The molecule has 212 valence electrons. The molecular formula is C32H26N2O8. The van der Waals surface area contributed by atoms with Gasteiger partial charge in [0.2, 0.25) is 0 Å². The first-order valence-corrected chi connectivity index (χ1v) is 13.4. The molecule has 1 saturated carbocycles. The Morgan fingerprint density at radius 2 is 0.905 bits per heavy atom. The van der Waals surface area contributed by atoms with Crippen LogP contribution in [0.3, 0.4) is 0 Å². The van der Waals surface area contributed by atoms with Crippen LogP contribution in [0.25, 0.3) is 0 Å². The number of carbonyl (C=O) groups is 2. The van der Waals surface area contributed by atoms with Gasteiger partial charge in [-0.3, -0.25) is 20.2 Å². The standard InChI is InChI=1S/C32H26N2O8/c35-30(22-4-12-26(13-5-22)33(37)38)41-28-16-8-24(9-17-28)32(20-2-1-3-21-32)25-10-18-29(19-11-25)42-31(36)23-6-14-27(15-7-23)34(39)40/h4-19H,1-3,20-21H2. The fourth-order valence-corrected chi connectivity index (χ4v) is 5.35. The summed E-state index contributed by atoms with van der Waals surface area (Å²) >= 11 is 0. The van der Waals surface area contributed by atoms with Crippen molar-refractivity contribution in [1.82, 2.24) is 0 Å². The van der Waals surface area contributed by atoms with E-state index in [1.165, 1.54) is 48.5 Å². The van der Waals surface area contributed by atoms with Gasteiger partial charge < -0.3 is 9.47 Å². The van der Waals surface area contributed by atoms with Crippen LogP contribution in [-0.4, -0.2) is 21.8 Å². The third kappa shape index (κ3) is 6.02. The second-order valence-electron chi connectivity index (χ2n) is 10.1. The average Bonchev–Trinajstić information content (AvgIpc) is 3.02. The number of hydrogen-bond acceptors (Lipinski definition) is 8. The van der Waals surface area contributed by atoms with Crippen molar-refractivity contribution in [2.24, 2.45) is 0 Å². The smallest absolute Gasteiger partial charge is 0.343 e. The number of non-ortho nitro benzene ring substituents is 2. The quantitative estimate of drug-likeness (QED) is 0.0945. The van der Waals surface area contributed by atoms with Crippen molar-refractivity contribution in [3.63, 3.8) is 0 Å². The number of nitro benzene ring substituents is 2. The van der Waals surface area contributed by atoms with Gasteiger partial charge in [-0.2, -0.15) is 0 Å². The highest BCUT2D eigenvalue weighted by atomic mass is 16.6. The Balaban J connectivity index is 1.30. The Hall–Kier alpha value is -5.38. The van der Waals surface area contributed by atoms with Crippen LogP contribution in [0, 0.1) is 20.2 Å². The molecule has 10 heteroatoms. The van der Waals surface area contributed by atoms with Crippen molar-refractivity contribution >= 4 is 23.3 Å². The second kappa shape index (κ2) is 12.0. The second-order valence-corrected chi connectivity index (χ2v) is 10.1. The van der Waals surface area contributed by atoms with Gasteiger partial charge in [-0.25, -0.2) is 9.59 Å². The SMILES string of the molecule is O=C(Oc1ccc(C2(c3ccc(OC(=O)c4ccc([N+](=O)[O-])cc4)cc3)CCCCC2)cc1)c1ccc([N+](=O)[O-])cc1. The molecule has 0 radical (unpaired) electrons. The molecule has 0 heterocycles. The average molecular weight is 567 g/mol. The molecule has 5 rings (SSSR count). The fourth-order valence-electron chi connectivity index (χ4n) is 5.35. The lowest BCUT2D eigenvalue weighted by Gasteiger charge is -2.38. The molecule has 0 bridgehead atoms. The van der Waals surface area contributed by atoms with Crippen molar-refractivity contribution in [1.29, 1.82) is 0 Å². The number of nitrogens with zero attached hydrogens (tertiary/aromatic N) is 2. The number of benzene rings is 4. The van der Waals surface area contributed by atoms with Crippen LogP contribution in [0.4, 0.5) is 11.4 Å². The molecule has 0 atom stereocenters. The maximum Gasteiger partial charge on any atom is 0.343 e. The van der Waals surface area contributed by atoms with E-state index in [-0.39, 0.29) is 27.9 Å². The van der Waals surface area contributed by atoms with Crippen LogP contribution >= 0.6 is 0 Å². The van der Waals surface area contributed by atoms with E-state index in [1.54, 1.807) is 24.3 Å². The van der Waals surface area contributed by atoms with Crippen molar-refractivity contribution in [3.8, 4) is 11.5 Å². The summed E-state index contributed by atoms with van der Waals surface area (Å²) in [5.41, 5.74) is 2.10. The van der Waals surface area contributed by atoms with Gasteiger partial charge in [-0.15, -0.1) is 0 Å². The third-order valence-electron chi connectivity index (χ3n) is 7.57. The molecule has 0 aromatic heterocycles. The Labute approximate surface area is 240 Å². The first-order valence-electron chi connectivity index (χ1n) is 13.4. The molecule has 4 aromatic rings. The topological polar surface area (TPSA) is 139 Å². The van der Waals surface area contributed by atoms with Gasteiger partial charge in [0.05, 0.1) is 21.0 Å². The number of hydrogen-bond donors (Lipinski definition) is 0. The van der Waals surface area contributed by atoms with Gasteiger partial charge in [-0.1, -0.05) is 43.5 Å². The van der Waals surface area contributed by atoms with Crippen molar-refractivity contribution in [2.75, 3.05) is 0 Å². The molecule has 0 aliphatic heterocycles. The van der Waals surface area contributed by atoms with Gasteiger partial charge in [0.1, 0.15) is 11.5 Å². The predicted molar refractivity (Wildman–Crippen MR) is 153 cm³/mol. The summed E-state index contributed by atoms with van der Waals surface area (Å²) in [6.07, 6.45) is 5.09. The lowest BCUT2D eigenvalue weighted by atomic mass is 9.65. The molecule has 0 spiro atoms. The fraction of sp³-hybridized carbons (Fsp3) is 0.188. The molecule has 0 N–H and O–H groups in total. The maximum absolute atomic E-state index is 12.6. The first kappa shape index (κ1) is 28.2. The normalized spacial score (nSPS) is 14.0. The van der Waals surface area contributed by atoms with Crippen LogP contribution in [0.2, 0.25) is 0 Å². The molecule has 0 amide bonds. The van der Waals surface area contributed by atoms with Crippen molar-refractivity contribution < 1.29 is 28.9 Å². The van der Waals surface area contributed by atoms with E-state index in [1.807, 2.05) is 24.3 Å². The molecule has 4 aromatic carbocycles. The van der Waals surface area contributed by atoms with E-state index in [0.29, 0.717) is 11.5 Å². The highest BCUT2D eigenvalue weighted by Gasteiger charge is 2.35. The third-order valence-corrected chi connectivity index (χ3v) is 7.57. The molecule has 1 aliphatic rings. The zero-order valence-electron chi connectivity index (χ0n) is 22.4. The van der Waals surface area contributed by atoms with Crippen LogP contribution in [-0.2, 0) is 5.41 Å². The van der Waals surface area contributed by atoms with E-state index in [2.05, 4.69) is 0 Å². The van der Waals surface area contributed by atoms with Crippen LogP contribution in [0.1, 0.15) is 63.9 Å². The Kier molecular flexibility index (Phi) is 8.05. The highest BCUT2D eigenvalue weighted by Crippen LogP contribution is 2.45. The van der Waals surface area contributed by atoms with Crippen molar-refractivity contribution in [3.05, 3.63) is 140 Å². The predicted octanol–water partition coefficient (Wildman–Crippen LogP) is 7.19. The zero-order valence-corrected chi connectivity index (χ0v) is 22.4. The van der Waals surface area contributed by atoms with Gasteiger partial charge in [-0.05, 0) is 72.5 Å². The lowest BCUT2D eigenvalue weighted by molar-refractivity contribution is -0.385. The Morgan fingerprint density at radius 1 is 0.548 bits per heavy atom. The summed E-state index contributed by atoms with van der Waals surface area (Å²) in [6, 6.07) is 25.3. The summed E-state index contributed by atoms with van der Waals surface area (Å²) < 4.78 is 11.0. The summed E-state index contributed by atoms with van der Waals surface area (Å²) in [7, 11) is 0. The number of ether oxygens (including phenoxy) is 2. The molecule has 0 saturated heterocycles. The van der Waals surface area contributed by atoms with E-state index in [9.17, 15) is 29.8 Å². The lowest BCUT2D eigenvalue weighted by Crippen LogP contribution is -2.30. The van der Waals surface area contributed by atoms with E-state index < -0.39 is 21.8 Å². The van der Waals surface area contributed by atoms with E-state index in [4.69, 9.17) is 9.47 Å². The molecule has 42 heavy (non-hydrogen) atoms. The molecule has 0 unspecified atom stereocenters.